The van der Waals surface area contributed by atoms with Gasteiger partial charge in [-0.1, -0.05) is 66.3 Å². The predicted octanol–water partition coefficient (Wildman–Crippen LogP) is 4.84. The van der Waals surface area contributed by atoms with Crippen LogP contribution in [0.5, 0.6) is 0 Å². The molecule has 4 aromatic rings. The molecule has 33 heavy (non-hydrogen) atoms. The van der Waals surface area contributed by atoms with Gasteiger partial charge in [-0.3, -0.25) is 14.2 Å². The largest absolute Gasteiger partial charge is 0.360 e. The van der Waals surface area contributed by atoms with Gasteiger partial charge < -0.3 is 9.84 Å². The van der Waals surface area contributed by atoms with E-state index in [1.165, 1.54) is 17.3 Å². The topological polar surface area (TPSA) is 90.0 Å². The molecule has 0 aliphatic heterocycles. The number of aromatic nitrogens is 3. The van der Waals surface area contributed by atoms with Crippen LogP contribution >= 0.6 is 11.8 Å². The van der Waals surface area contributed by atoms with Gasteiger partial charge in [-0.15, -0.1) is 0 Å². The summed E-state index contributed by atoms with van der Waals surface area (Å²) in [6.45, 7) is 4.22. The second-order valence-electron chi connectivity index (χ2n) is 7.78. The van der Waals surface area contributed by atoms with Crippen molar-refractivity contribution in [3.05, 3.63) is 82.3 Å². The Morgan fingerprint density at radius 3 is 2.64 bits per heavy atom. The molecule has 0 fully saturated rings. The van der Waals surface area contributed by atoms with Gasteiger partial charge in [0.05, 0.1) is 16.2 Å². The average Bonchev–Trinajstić information content (AvgIpc) is 3.24. The predicted molar refractivity (Wildman–Crippen MR) is 131 cm³/mol. The number of anilines is 1. The summed E-state index contributed by atoms with van der Waals surface area (Å²) in [6.07, 6.45) is 2.21. The number of hydrogen-bond acceptors (Lipinski definition) is 6. The van der Waals surface area contributed by atoms with Crippen LogP contribution in [-0.4, -0.2) is 25.9 Å². The molecule has 1 amide bonds. The van der Waals surface area contributed by atoms with Crippen LogP contribution in [0.3, 0.4) is 0 Å². The van der Waals surface area contributed by atoms with E-state index in [4.69, 9.17) is 9.51 Å². The van der Waals surface area contributed by atoms with Crippen LogP contribution in [-0.2, 0) is 17.8 Å². The number of benzene rings is 2. The van der Waals surface area contributed by atoms with Gasteiger partial charge in [0.25, 0.3) is 5.56 Å². The molecular weight excluding hydrogens is 436 g/mol. The van der Waals surface area contributed by atoms with Crippen LogP contribution in [0.4, 0.5) is 5.82 Å². The lowest BCUT2D eigenvalue weighted by Crippen LogP contribution is -2.28. The highest BCUT2D eigenvalue weighted by atomic mass is 32.2. The second kappa shape index (κ2) is 10.5. The number of aryl methyl sites for hydroxylation is 2. The van der Waals surface area contributed by atoms with E-state index in [1.807, 2.05) is 43.3 Å². The maximum atomic E-state index is 13.3. The third-order valence-electron chi connectivity index (χ3n) is 5.31. The van der Waals surface area contributed by atoms with Crippen LogP contribution in [0.25, 0.3) is 10.9 Å². The van der Waals surface area contributed by atoms with E-state index in [0.29, 0.717) is 40.6 Å². The fourth-order valence-electron chi connectivity index (χ4n) is 3.60. The molecule has 4 rings (SSSR count). The van der Waals surface area contributed by atoms with E-state index in [2.05, 4.69) is 22.6 Å². The molecule has 2 heterocycles. The number of nitrogens with zero attached hydrogens (tertiary/aromatic N) is 3. The zero-order chi connectivity index (χ0) is 23.2. The summed E-state index contributed by atoms with van der Waals surface area (Å²) in [5, 5.41) is 7.32. The number of nitrogens with one attached hydrogen (secondary N) is 1. The van der Waals surface area contributed by atoms with E-state index in [9.17, 15) is 9.59 Å². The van der Waals surface area contributed by atoms with E-state index >= 15 is 0 Å². The number of para-hydroxylation sites is 1. The molecule has 2 aromatic carbocycles. The molecule has 8 heteroatoms. The molecule has 0 radical (unpaired) electrons. The van der Waals surface area contributed by atoms with E-state index in [1.54, 1.807) is 23.6 Å². The van der Waals surface area contributed by atoms with Crippen LogP contribution in [0, 0.1) is 6.92 Å². The van der Waals surface area contributed by atoms with E-state index in [0.717, 1.165) is 12.8 Å². The lowest BCUT2D eigenvalue weighted by atomic mass is 10.1. The van der Waals surface area contributed by atoms with Crippen molar-refractivity contribution in [2.24, 2.45) is 0 Å². The average molecular weight is 463 g/mol. The number of fused-ring (bicyclic) bond motifs is 1. The summed E-state index contributed by atoms with van der Waals surface area (Å²) in [5.41, 5.74) is 1.77. The molecule has 0 saturated carbocycles. The molecule has 0 bridgehead atoms. The molecule has 0 spiro atoms. The molecule has 2 aromatic heterocycles. The Hall–Kier alpha value is -3.39. The zero-order valence-electron chi connectivity index (χ0n) is 18.7. The van der Waals surface area contributed by atoms with Crippen molar-refractivity contribution < 1.29 is 9.32 Å². The maximum Gasteiger partial charge on any atom is 0.262 e. The Morgan fingerprint density at radius 2 is 1.91 bits per heavy atom. The minimum atomic E-state index is -0.435. The number of carbonyl (C=O) groups excluding carboxylic acids is 1. The Morgan fingerprint density at radius 1 is 1.15 bits per heavy atom. The van der Waals surface area contributed by atoms with Gasteiger partial charge in [-0.05, 0) is 43.9 Å². The van der Waals surface area contributed by atoms with Crippen molar-refractivity contribution in [2.45, 2.75) is 50.1 Å². The van der Waals surface area contributed by atoms with Gasteiger partial charge in [-0.25, -0.2) is 4.98 Å². The number of hydrogen-bond donors (Lipinski definition) is 1. The fraction of sp³-hybridized carbons (Fsp3) is 0.280. The van der Waals surface area contributed by atoms with Crippen molar-refractivity contribution >= 4 is 34.4 Å². The SMILES string of the molecule is CCC(Sc1nc2ccccc2c(=O)n1CCCc1ccccc1)C(=O)Nc1cc(C)on1. The second-order valence-corrected chi connectivity index (χ2v) is 8.95. The highest BCUT2D eigenvalue weighted by Gasteiger charge is 2.23. The first-order valence-corrected chi connectivity index (χ1v) is 11.9. The van der Waals surface area contributed by atoms with Gasteiger partial charge in [0.2, 0.25) is 5.91 Å². The molecule has 1 atom stereocenters. The first-order chi connectivity index (χ1) is 16.0. The Labute approximate surface area is 196 Å². The van der Waals surface area contributed by atoms with Crippen molar-refractivity contribution in [3.8, 4) is 0 Å². The molecule has 7 nitrogen and oxygen atoms in total. The molecule has 1 unspecified atom stereocenters. The van der Waals surface area contributed by atoms with Crippen LogP contribution in [0.15, 0.2) is 75.1 Å². The van der Waals surface area contributed by atoms with Gasteiger partial charge in [0.1, 0.15) is 5.76 Å². The van der Waals surface area contributed by atoms with Gasteiger partial charge in [0, 0.05) is 12.6 Å². The summed E-state index contributed by atoms with van der Waals surface area (Å²) in [4.78, 5) is 31.0. The summed E-state index contributed by atoms with van der Waals surface area (Å²) in [5.74, 6) is 0.798. The van der Waals surface area contributed by atoms with E-state index in [-0.39, 0.29) is 11.5 Å². The van der Waals surface area contributed by atoms with Crippen molar-refractivity contribution in [2.75, 3.05) is 5.32 Å². The Balaban J connectivity index is 1.59. The van der Waals surface area contributed by atoms with Gasteiger partial charge in [0.15, 0.2) is 11.0 Å². The smallest absolute Gasteiger partial charge is 0.262 e. The molecule has 0 saturated heterocycles. The molecule has 0 aliphatic rings. The standard InChI is InChI=1S/C25H26N4O3S/c1-3-21(23(30)27-22-16-17(2)32-28-22)33-25-26-20-14-8-7-13-19(20)24(31)29(25)15-9-12-18-10-5-4-6-11-18/h4-8,10-11,13-14,16,21H,3,9,12,15H2,1-2H3,(H,27,28,30). The number of rotatable bonds is 9. The highest BCUT2D eigenvalue weighted by Crippen LogP contribution is 2.26. The molecular formula is C25H26N4O3S. The minimum Gasteiger partial charge on any atom is -0.360 e. The van der Waals surface area contributed by atoms with Crippen LogP contribution in [0.2, 0.25) is 0 Å². The molecule has 1 N–H and O–H groups in total. The first kappa shape index (κ1) is 22.8. The van der Waals surface area contributed by atoms with Crippen molar-refractivity contribution in [1.29, 1.82) is 0 Å². The Bertz CT molecular complexity index is 1300. The monoisotopic (exact) mass is 462 g/mol. The number of thioether (sulfide) groups is 1. The molecule has 0 aliphatic carbocycles. The maximum absolute atomic E-state index is 13.3. The zero-order valence-corrected chi connectivity index (χ0v) is 19.5. The third-order valence-corrected chi connectivity index (χ3v) is 6.66. The van der Waals surface area contributed by atoms with Crippen LogP contribution < -0.4 is 10.9 Å². The van der Waals surface area contributed by atoms with Crippen LogP contribution in [0.1, 0.15) is 31.1 Å². The lowest BCUT2D eigenvalue weighted by Gasteiger charge is -2.17. The van der Waals surface area contributed by atoms with Gasteiger partial charge >= 0.3 is 0 Å². The fourth-order valence-corrected chi connectivity index (χ4v) is 4.64. The number of amides is 1. The normalized spacial score (nSPS) is 12.1. The summed E-state index contributed by atoms with van der Waals surface area (Å²) in [6, 6.07) is 19.2. The van der Waals surface area contributed by atoms with E-state index < -0.39 is 5.25 Å². The Kier molecular flexibility index (Phi) is 7.24. The quantitative estimate of drug-likeness (QED) is 0.283. The van der Waals surface area contributed by atoms with Crippen molar-refractivity contribution in [3.63, 3.8) is 0 Å². The van der Waals surface area contributed by atoms with Crippen molar-refractivity contribution in [1.82, 2.24) is 14.7 Å². The number of carbonyl (C=O) groups is 1. The first-order valence-electron chi connectivity index (χ1n) is 11.0. The third kappa shape index (κ3) is 5.51. The van der Waals surface area contributed by atoms with Gasteiger partial charge in [-0.2, -0.15) is 0 Å². The lowest BCUT2D eigenvalue weighted by molar-refractivity contribution is -0.115. The highest BCUT2D eigenvalue weighted by molar-refractivity contribution is 8.00. The summed E-state index contributed by atoms with van der Waals surface area (Å²) >= 11 is 1.31. The minimum absolute atomic E-state index is 0.0847. The molecule has 170 valence electrons. The summed E-state index contributed by atoms with van der Waals surface area (Å²) < 4.78 is 6.73. The summed E-state index contributed by atoms with van der Waals surface area (Å²) in [7, 11) is 0.